The highest BCUT2D eigenvalue weighted by atomic mass is 16.6. The standard InChI is InChI=1S/C13H20N2O4/c1-9(16)18-11(8-14)10-6-5-7-15(10)12(17)19-13(2,3)4/h10-11H,5-7H2,1-4H3/t10-,11?/m0/s1. The number of nitrogens with zero attached hydrogens (tertiary/aromatic N) is 2. The molecule has 0 N–H and O–H groups in total. The highest BCUT2D eigenvalue weighted by Gasteiger charge is 2.38. The minimum Gasteiger partial charge on any atom is -0.445 e. The van der Waals surface area contributed by atoms with E-state index >= 15 is 0 Å². The van der Waals surface area contributed by atoms with Crippen LogP contribution in [-0.4, -0.2) is 41.3 Å². The van der Waals surface area contributed by atoms with Crippen molar-refractivity contribution in [3.05, 3.63) is 0 Å². The van der Waals surface area contributed by atoms with E-state index in [1.165, 1.54) is 11.8 Å². The fourth-order valence-electron chi connectivity index (χ4n) is 2.02. The summed E-state index contributed by atoms with van der Waals surface area (Å²) in [6.45, 7) is 7.10. The van der Waals surface area contributed by atoms with Gasteiger partial charge in [0.05, 0.1) is 6.04 Å². The Morgan fingerprint density at radius 1 is 1.42 bits per heavy atom. The lowest BCUT2D eigenvalue weighted by Gasteiger charge is -2.30. The van der Waals surface area contributed by atoms with Crippen LogP contribution in [0.2, 0.25) is 0 Å². The molecule has 1 aliphatic heterocycles. The summed E-state index contributed by atoms with van der Waals surface area (Å²) in [5.41, 5.74) is -0.589. The molecule has 0 bridgehead atoms. The molecule has 19 heavy (non-hydrogen) atoms. The normalized spacial score (nSPS) is 20.6. The summed E-state index contributed by atoms with van der Waals surface area (Å²) in [6, 6.07) is 1.50. The van der Waals surface area contributed by atoms with Gasteiger partial charge in [-0.1, -0.05) is 0 Å². The largest absolute Gasteiger partial charge is 0.445 e. The van der Waals surface area contributed by atoms with Crippen molar-refractivity contribution < 1.29 is 19.1 Å². The molecule has 1 unspecified atom stereocenters. The van der Waals surface area contributed by atoms with Gasteiger partial charge in [-0.05, 0) is 33.6 Å². The van der Waals surface area contributed by atoms with Crippen molar-refractivity contribution in [1.29, 1.82) is 5.26 Å². The van der Waals surface area contributed by atoms with E-state index in [9.17, 15) is 9.59 Å². The molecule has 1 aliphatic rings. The number of nitriles is 1. The third-order valence-electron chi connectivity index (χ3n) is 2.70. The molecule has 2 atom stereocenters. The molecule has 1 fully saturated rings. The third kappa shape index (κ3) is 4.43. The smallest absolute Gasteiger partial charge is 0.410 e. The Hall–Kier alpha value is -1.77. The fourth-order valence-corrected chi connectivity index (χ4v) is 2.02. The van der Waals surface area contributed by atoms with E-state index in [1.807, 2.05) is 6.07 Å². The van der Waals surface area contributed by atoms with Gasteiger partial charge in [0.1, 0.15) is 11.7 Å². The first-order valence-corrected chi connectivity index (χ1v) is 6.31. The summed E-state index contributed by atoms with van der Waals surface area (Å²) in [5, 5.41) is 9.06. The van der Waals surface area contributed by atoms with Crippen LogP contribution in [0.5, 0.6) is 0 Å². The maximum Gasteiger partial charge on any atom is 0.410 e. The van der Waals surface area contributed by atoms with Crippen molar-refractivity contribution in [3.8, 4) is 6.07 Å². The number of likely N-dealkylation sites (tertiary alicyclic amines) is 1. The van der Waals surface area contributed by atoms with Crippen LogP contribution in [0.15, 0.2) is 0 Å². The molecule has 1 heterocycles. The molecule has 106 valence electrons. The van der Waals surface area contributed by atoms with Crippen molar-refractivity contribution in [3.63, 3.8) is 0 Å². The molecule has 1 rings (SSSR count). The molecule has 6 nitrogen and oxygen atoms in total. The fraction of sp³-hybridized carbons (Fsp3) is 0.769. The summed E-state index contributed by atoms with van der Waals surface area (Å²) in [4.78, 5) is 24.5. The number of hydrogen-bond donors (Lipinski definition) is 0. The Balaban J connectivity index is 2.75. The quantitative estimate of drug-likeness (QED) is 0.714. The molecule has 6 heteroatoms. The first-order chi connectivity index (χ1) is 8.74. The van der Waals surface area contributed by atoms with Gasteiger partial charge in [0, 0.05) is 13.5 Å². The molecule has 1 saturated heterocycles. The second-order valence-corrected chi connectivity index (χ2v) is 5.54. The van der Waals surface area contributed by atoms with Crippen molar-refractivity contribution in [2.24, 2.45) is 0 Å². The third-order valence-corrected chi connectivity index (χ3v) is 2.70. The number of carbonyl (C=O) groups excluding carboxylic acids is 2. The molecule has 0 aromatic heterocycles. The zero-order valence-corrected chi connectivity index (χ0v) is 11.8. The van der Waals surface area contributed by atoms with Crippen LogP contribution in [0.3, 0.4) is 0 Å². The van der Waals surface area contributed by atoms with Crippen molar-refractivity contribution >= 4 is 12.1 Å². The molecular formula is C13H20N2O4. The summed E-state index contributed by atoms with van der Waals surface area (Å²) in [7, 11) is 0. The lowest BCUT2D eigenvalue weighted by atomic mass is 10.1. The Morgan fingerprint density at radius 3 is 2.53 bits per heavy atom. The van der Waals surface area contributed by atoms with E-state index < -0.39 is 29.8 Å². The van der Waals surface area contributed by atoms with E-state index in [0.717, 1.165) is 6.42 Å². The zero-order valence-electron chi connectivity index (χ0n) is 11.8. The topological polar surface area (TPSA) is 79.6 Å². The maximum absolute atomic E-state index is 12.0. The van der Waals surface area contributed by atoms with Crippen LogP contribution in [0.4, 0.5) is 4.79 Å². The molecular weight excluding hydrogens is 248 g/mol. The molecule has 0 aliphatic carbocycles. The lowest BCUT2D eigenvalue weighted by molar-refractivity contribution is -0.146. The number of amides is 1. The van der Waals surface area contributed by atoms with Crippen LogP contribution in [0.1, 0.15) is 40.5 Å². The van der Waals surface area contributed by atoms with Crippen LogP contribution in [-0.2, 0) is 14.3 Å². The average Bonchev–Trinajstić information content (AvgIpc) is 2.71. The van der Waals surface area contributed by atoms with E-state index in [4.69, 9.17) is 14.7 Å². The molecule has 0 spiro atoms. The summed E-state index contributed by atoms with van der Waals surface area (Å²) < 4.78 is 10.2. The second kappa shape index (κ2) is 5.91. The van der Waals surface area contributed by atoms with Gasteiger partial charge in [0.2, 0.25) is 6.10 Å². The van der Waals surface area contributed by atoms with Crippen molar-refractivity contribution in [2.45, 2.75) is 58.3 Å². The van der Waals surface area contributed by atoms with Crippen LogP contribution in [0.25, 0.3) is 0 Å². The lowest BCUT2D eigenvalue weighted by Crippen LogP contribution is -2.45. The highest BCUT2D eigenvalue weighted by molar-refractivity contribution is 5.70. The van der Waals surface area contributed by atoms with Crippen LogP contribution < -0.4 is 0 Å². The molecule has 1 amide bonds. The van der Waals surface area contributed by atoms with Gasteiger partial charge in [-0.2, -0.15) is 5.26 Å². The number of hydrogen-bond acceptors (Lipinski definition) is 5. The predicted octanol–water partition coefficient (Wildman–Crippen LogP) is 1.84. The van der Waals surface area contributed by atoms with E-state index in [1.54, 1.807) is 20.8 Å². The Morgan fingerprint density at radius 2 is 2.05 bits per heavy atom. The predicted molar refractivity (Wildman–Crippen MR) is 67.1 cm³/mol. The zero-order chi connectivity index (χ0) is 14.6. The SMILES string of the molecule is CC(=O)OC(C#N)[C@@H]1CCCN1C(=O)OC(C)(C)C. The van der Waals surface area contributed by atoms with Gasteiger partial charge < -0.3 is 14.4 Å². The van der Waals surface area contributed by atoms with Crippen LogP contribution in [0, 0.1) is 11.3 Å². The van der Waals surface area contributed by atoms with Gasteiger partial charge >= 0.3 is 12.1 Å². The summed E-state index contributed by atoms with van der Waals surface area (Å²) >= 11 is 0. The number of carbonyl (C=O) groups is 2. The highest BCUT2D eigenvalue weighted by Crippen LogP contribution is 2.24. The van der Waals surface area contributed by atoms with Gasteiger partial charge in [-0.3, -0.25) is 4.79 Å². The Bertz CT molecular complexity index is 394. The van der Waals surface area contributed by atoms with E-state index in [2.05, 4.69) is 0 Å². The van der Waals surface area contributed by atoms with Crippen molar-refractivity contribution in [2.75, 3.05) is 6.54 Å². The molecule has 0 aromatic carbocycles. The first-order valence-electron chi connectivity index (χ1n) is 6.31. The molecule has 0 aromatic rings. The number of ether oxygens (including phenoxy) is 2. The van der Waals surface area contributed by atoms with Gasteiger partial charge in [0.25, 0.3) is 0 Å². The number of rotatable bonds is 2. The first kappa shape index (κ1) is 15.3. The monoisotopic (exact) mass is 268 g/mol. The van der Waals surface area contributed by atoms with Gasteiger partial charge in [0.15, 0.2) is 0 Å². The maximum atomic E-state index is 12.0. The van der Waals surface area contributed by atoms with Crippen molar-refractivity contribution in [1.82, 2.24) is 4.90 Å². The average molecular weight is 268 g/mol. The number of esters is 1. The van der Waals surface area contributed by atoms with Crippen LogP contribution >= 0.6 is 0 Å². The minimum absolute atomic E-state index is 0.427. The molecule has 0 radical (unpaired) electrons. The molecule has 0 saturated carbocycles. The van der Waals surface area contributed by atoms with E-state index in [-0.39, 0.29) is 0 Å². The summed E-state index contributed by atoms with van der Waals surface area (Å²) in [5.74, 6) is -0.525. The Labute approximate surface area is 113 Å². The van der Waals surface area contributed by atoms with E-state index in [0.29, 0.717) is 13.0 Å². The Kier molecular flexibility index (Phi) is 4.76. The van der Waals surface area contributed by atoms with Gasteiger partial charge in [-0.25, -0.2) is 4.79 Å². The second-order valence-electron chi connectivity index (χ2n) is 5.54. The minimum atomic E-state index is -0.937. The summed E-state index contributed by atoms with van der Waals surface area (Å²) in [6.07, 6.45) is -0.0106. The van der Waals surface area contributed by atoms with Gasteiger partial charge in [-0.15, -0.1) is 0 Å².